The number of ether oxygens (including phenoxy) is 2. The molecule has 1 amide bonds. The number of amides is 1. The summed E-state index contributed by atoms with van der Waals surface area (Å²) < 4.78 is 9.82. The predicted octanol–water partition coefficient (Wildman–Crippen LogP) is 1.92. The number of benzene rings is 1. The molecule has 148 valence electrons. The van der Waals surface area contributed by atoms with Crippen LogP contribution in [0.5, 0.6) is 0 Å². The maximum atomic E-state index is 12.2. The Morgan fingerprint density at radius 1 is 1.26 bits per heavy atom. The smallest absolute Gasteiger partial charge is 0.328 e. The van der Waals surface area contributed by atoms with Gasteiger partial charge in [-0.25, -0.2) is 4.79 Å². The molecular weight excluding hydrogens is 356 g/mol. The van der Waals surface area contributed by atoms with Crippen LogP contribution in [0.3, 0.4) is 0 Å². The van der Waals surface area contributed by atoms with Crippen LogP contribution >= 0.6 is 0 Å². The molecule has 0 saturated heterocycles. The summed E-state index contributed by atoms with van der Waals surface area (Å²) in [5, 5.41) is 13.3. The van der Waals surface area contributed by atoms with E-state index in [2.05, 4.69) is 10.1 Å². The summed E-state index contributed by atoms with van der Waals surface area (Å²) in [5.74, 6) is -1.70. The number of carbonyl (C=O) groups excluding carboxylic acids is 3. The maximum absolute atomic E-state index is 12.2. The van der Waals surface area contributed by atoms with Gasteiger partial charge >= 0.3 is 11.9 Å². The number of rotatable bonds is 8. The van der Waals surface area contributed by atoms with Crippen molar-refractivity contribution in [2.24, 2.45) is 0 Å². The first-order valence-electron chi connectivity index (χ1n) is 8.34. The number of nitrogens with zero attached hydrogens (tertiary/aromatic N) is 1. The molecule has 0 heterocycles. The number of esters is 2. The van der Waals surface area contributed by atoms with Crippen molar-refractivity contribution in [3.05, 3.63) is 39.9 Å². The van der Waals surface area contributed by atoms with E-state index < -0.39 is 34.4 Å². The summed E-state index contributed by atoms with van der Waals surface area (Å²) in [4.78, 5) is 46.1. The van der Waals surface area contributed by atoms with E-state index in [9.17, 15) is 24.5 Å². The Morgan fingerprint density at radius 2 is 1.93 bits per heavy atom. The van der Waals surface area contributed by atoms with Crippen molar-refractivity contribution in [3.63, 3.8) is 0 Å². The molecule has 1 N–H and O–H groups in total. The SMILES string of the molecule is COC(=O)[C@@H](CCC(=O)OC(C)(C)C)NC(=O)Cc1cccc([N+](=O)[O-])c1. The van der Waals surface area contributed by atoms with Crippen LogP contribution in [0, 0.1) is 10.1 Å². The average molecular weight is 380 g/mol. The van der Waals surface area contributed by atoms with Gasteiger partial charge in [0.25, 0.3) is 5.69 Å². The number of nitro groups is 1. The molecule has 0 saturated carbocycles. The summed E-state index contributed by atoms with van der Waals surface area (Å²) >= 11 is 0. The third-order valence-electron chi connectivity index (χ3n) is 3.36. The van der Waals surface area contributed by atoms with E-state index in [4.69, 9.17) is 4.74 Å². The second kappa shape index (κ2) is 9.65. The van der Waals surface area contributed by atoms with Gasteiger partial charge in [0.15, 0.2) is 0 Å². The molecule has 0 aliphatic rings. The van der Waals surface area contributed by atoms with Gasteiger partial charge < -0.3 is 14.8 Å². The van der Waals surface area contributed by atoms with Crippen molar-refractivity contribution in [1.29, 1.82) is 0 Å². The van der Waals surface area contributed by atoms with Crippen molar-refractivity contribution < 1.29 is 28.8 Å². The quantitative estimate of drug-likeness (QED) is 0.415. The van der Waals surface area contributed by atoms with Gasteiger partial charge in [0.1, 0.15) is 11.6 Å². The van der Waals surface area contributed by atoms with Gasteiger partial charge in [-0.2, -0.15) is 0 Å². The fourth-order valence-corrected chi connectivity index (χ4v) is 2.26. The van der Waals surface area contributed by atoms with Crippen LogP contribution in [-0.2, 0) is 30.3 Å². The van der Waals surface area contributed by atoms with E-state index >= 15 is 0 Å². The third-order valence-corrected chi connectivity index (χ3v) is 3.36. The standard InChI is InChI=1S/C18H24N2O7/c1-18(2,3)27-16(22)9-8-14(17(23)26-4)19-15(21)11-12-6-5-7-13(10-12)20(24)25/h5-7,10,14H,8-9,11H2,1-4H3,(H,19,21)/t14-/m1/s1. The molecule has 0 aliphatic heterocycles. The van der Waals surface area contributed by atoms with E-state index in [0.29, 0.717) is 5.56 Å². The van der Waals surface area contributed by atoms with Crippen LogP contribution in [0.25, 0.3) is 0 Å². The van der Waals surface area contributed by atoms with Crippen molar-refractivity contribution in [2.75, 3.05) is 7.11 Å². The highest BCUT2D eigenvalue weighted by Gasteiger charge is 2.24. The molecule has 0 spiro atoms. The Balaban J connectivity index is 2.69. The van der Waals surface area contributed by atoms with Crippen LogP contribution in [0.4, 0.5) is 5.69 Å². The highest BCUT2D eigenvalue weighted by Crippen LogP contribution is 2.14. The lowest BCUT2D eigenvalue weighted by Gasteiger charge is -2.21. The number of hydrogen-bond donors (Lipinski definition) is 1. The fraction of sp³-hybridized carbons (Fsp3) is 0.500. The lowest BCUT2D eigenvalue weighted by atomic mass is 10.1. The number of hydrogen-bond acceptors (Lipinski definition) is 7. The number of nitrogens with one attached hydrogen (secondary N) is 1. The van der Waals surface area contributed by atoms with Crippen LogP contribution in [-0.4, -0.2) is 41.5 Å². The van der Waals surface area contributed by atoms with Gasteiger partial charge in [0.05, 0.1) is 18.5 Å². The van der Waals surface area contributed by atoms with E-state index in [1.807, 2.05) is 0 Å². The first-order valence-corrected chi connectivity index (χ1v) is 8.34. The second-order valence-corrected chi connectivity index (χ2v) is 6.87. The van der Waals surface area contributed by atoms with Crippen molar-refractivity contribution in [1.82, 2.24) is 5.32 Å². The minimum Gasteiger partial charge on any atom is -0.467 e. The van der Waals surface area contributed by atoms with Crippen LogP contribution in [0.2, 0.25) is 0 Å². The number of non-ortho nitro benzene ring substituents is 1. The normalized spacial score (nSPS) is 12.0. The molecule has 0 radical (unpaired) electrons. The van der Waals surface area contributed by atoms with Crippen LogP contribution < -0.4 is 5.32 Å². The minimum absolute atomic E-state index is 0.0161. The monoisotopic (exact) mass is 380 g/mol. The van der Waals surface area contributed by atoms with E-state index in [1.54, 1.807) is 26.8 Å². The number of carbonyl (C=O) groups is 3. The van der Waals surface area contributed by atoms with Gasteiger partial charge in [0.2, 0.25) is 5.91 Å². The Hall–Kier alpha value is -2.97. The molecule has 1 aromatic carbocycles. The summed E-state index contributed by atoms with van der Waals surface area (Å²) in [7, 11) is 1.18. The molecule has 0 fully saturated rings. The van der Waals surface area contributed by atoms with E-state index in [-0.39, 0.29) is 24.9 Å². The highest BCUT2D eigenvalue weighted by atomic mass is 16.6. The molecule has 0 unspecified atom stereocenters. The summed E-state index contributed by atoms with van der Waals surface area (Å²) in [6, 6.07) is 4.63. The Bertz CT molecular complexity index is 710. The van der Waals surface area contributed by atoms with Crippen LogP contribution in [0.1, 0.15) is 39.2 Å². The van der Waals surface area contributed by atoms with E-state index in [1.165, 1.54) is 25.3 Å². The topological polar surface area (TPSA) is 125 Å². The highest BCUT2D eigenvalue weighted by molar-refractivity contribution is 5.86. The zero-order chi connectivity index (χ0) is 20.6. The zero-order valence-electron chi connectivity index (χ0n) is 15.8. The molecule has 0 aromatic heterocycles. The Kier molecular flexibility index (Phi) is 7.89. The first kappa shape index (κ1) is 22.1. The van der Waals surface area contributed by atoms with Crippen molar-refractivity contribution >= 4 is 23.5 Å². The van der Waals surface area contributed by atoms with Crippen molar-refractivity contribution in [2.45, 2.75) is 51.7 Å². The van der Waals surface area contributed by atoms with Gasteiger partial charge in [-0.1, -0.05) is 12.1 Å². The predicted molar refractivity (Wildman–Crippen MR) is 95.8 cm³/mol. The fourth-order valence-electron chi connectivity index (χ4n) is 2.26. The molecule has 1 atom stereocenters. The van der Waals surface area contributed by atoms with Gasteiger partial charge in [0, 0.05) is 18.6 Å². The molecule has 0 bridgehead atoms. The third kappa shape index (κ3) is 8.30. The lowest BCUT2D eigenvalue weighted by Crippen LogP contribution is -2.42. The average Bonchev–Trinajstić information content (AvgIpc) is 2.56. The maximum Gasteiger partial charge on any atom is 0.328 e. The largest absolute Gasteiger partial charge is 0.467 e. The molecule has 9 heteroatoms. The van der Waals surface area contributed by atoms with Crippen LogP contribution in [0.15, 0.2) is 24.3 Å². The minimum atomic E-state index is -1.02. The Morgan fingerprint density at radius 3 is 2.48 bits per heavy atom. The molecule has 1 aromatic rings. The molecule has 0 aliphatic carbocycles. The van der Waals surface area contributed by atoms with E-state index in [0.717, 1.165) is 0 Å². The number of nitro benzene ring substituents is 1. The molecular formula is C18H24N2O7. The Labute approximate surface area is 157 Å². The van der Waals surface area contributed by atoms with Gasteiger partial charge in [-0.05, 0) is 32.8 Å². The molecule has 27 heavy (non-hydrogen) atoms. The summed E-state index contributed by atoms with van der Waals surface area (Å²) in [5.41, 5.74) is -0.351. The van der Waals surface area contributed by atoms with Crippen molar-refractivity contribution in [3.8, 4) is 0 Å². The van der Waals surface area contributed by atoms with Gasteiger partial charge in [-0.15, -0.1) is 0 Å². The lowest BCUT2D eigenvalue weighted by molar-refractivity contribution is -0.384. The summed E-state index contributed by atoms with van der Waals surface area (Å²) in [6.07, 6.45) is -0.210. The molecule has 1 rings (SSSR count). The number of methoxy groups -OCH3 is 1. The second-order valence-electron chi connectivity index (χ2n) is 6.87. The first-order chi connectivity index (χ1) is 12.5. The molecule has 9 nitrogen and oxygen atoms in total. The summed E-state index contributed by atoms with van der Waals surface area (Å²) in [6.45, 7) is 5.18. The van der Waals surface area contributed by atoms with Gasteiger partial charge in [-0.3, -0.25) is 19.7 Å². The zero-order valence-corrected chi connectivity index (χ0v) is 15.8.